The number of rotatable bonds is 5. The number of halogens is 4. The van der Waals surface area contributed by atoms with E-state index in [1.807, 2.05) is 18.2 Å². The Labute approximate surface area is 117 Å². The summed E-state index contributed by atoms with van der Waals surface area (Å²) in [4.78, 5) is 0. The third-order valence-corrected chi connectivity index (χ3v) is 4.77. The third-order valence-electron chi connectivity index (χ3n) is 2.93. The van der Waals surface area contributed by atoms with Crippen molar-refractivity contribution in [3.05, 3.63) is 33.8 Å². The van der Waals surface area contributed by atoms with Crippen LogP contribution in [0.4, 0.5) is 0 Å². The molecular formula is C12H14Cl4. The van der Waals surface area contributed by atoms with Gasteiger partial charge in [-0.1, -0.05) is 36.2 Å². The monoisotopic (exact) mass is 298 g/mol. The molecule has 0 unspecified atom stereocenters. The molecule has 0 aliphatic carbocycles. The highest BCUT2D eigenvalue weighted by Gasteiger charge is 2.28. The Hall–Kier alpha value is 0.380. The minimum absolute atomic E-state index is 0.127. The molecule has 90 valence electrons. The van der Waals surface area contributed by atoms with Crippen LogP contribution in [-0.2, 0) is 6.42 Å². The molecule has 0 bridgehead atoms. The first kappa shape index (κ1) is 14.4. The first-order valence-electron chi connectivity index (χ1n) is 5.13. The van der Waals surface area contributed by atoms with Gasteiger partial charge in [0.1, 0.15) is 0 Å². The Morgan fingerprint density at radius 1 is 1.06 bits per heavy atom. The van der Waals surface area contributed by atoms with E-state index in [0.717, 1.165) is 18.4 Å². The topological polar surface area (TPSA) is 0 Å². The first-order chi connectivity index (χ1) is 7.58. The lowest BCUT2D eigenvalue weighted by atomic mass is 9.83. The molecule has 1 aromatic carbocycles. The maximum Gasteiger partial charge on any atom is 0.0453 e. The van der Waals surface area contributed by atoms with Crippen LogP contribution in [0.2, 0.25) is 10.0 Å². The lowest BCUT2D eigenvalue weighted by Gasteiger charge is -2.29. The summed E-state index contributed by atoms with van der Waals surface area (Å²) in [5.41, 5.74) is 0.812. The third kappa shape index (κ3) is 3.20. The zero-order valence-corrected chi connectivity index (χ0v) is 12.1. The molecule has 0 heterocycles. The minimum Gasteiger partial charge on any atom is -0.126 e. The van der Waals surface area contributed by atoms with Crippen LogP contribution in [0, 0.1) is 5.41 Å². The smallest absolute Gasteiger partial charge is 0.0453 e. The van der Waals surface area contributed by atoms with Gasteiger partial charge in [-0.3, -0.25) is 0 Å². The Kier molecular flexibility index (Phi) is 5.73. The van der Waals surface area contributed by atoms with Crippen molar-refractivity contribution in [1.29, 1.82) is 0 Å². The quantitative estimate of drug-likeness (QED) is 0.638. The predicted octanol–water partition coefficient (Wildman–Crippen LogP) is 5.41. The van der Waals surface area contributed by atoms with Crippen molar-refractivity contribution in [3.63, 3.8) is 0 Å². The summed E-state index contributed by atoms with van der Waals surface area (Å²) >= 11 is 24.3. The van der Waals surface area contributed by atoms with Gasteiger partial charge in [0, 0.05) is 27.2 Å². The van der Waals surface area contributed by atoms with Crippen LogP contribution in [0.5, 0.6) is 0 Å². The number of benzene rings is 1. The predicted molar refractivity (Wildman–Crippen MR) is 74.3 cm³/mol. The fraction of sp³-hybridized carbons (Fsp3) is 0.500. The molecule has 0 atom stereocenters. The van der Waals surface area contributed by atoms with Crippen LogP contribution < -0.4 is 0 Å². The van der Waals surface area contributed by atoms with E-state index in [1.54, 1.807) is 0 Å². The van der Waals surface area contributed by atoms with E-state index in [4.69, 9.17) is 46.4 Å². The van der Waals surface area contributed by atoms with Crippen LogP contribution >= 0.6 is 46.4 Å². The minimum atomic E-state index is -0.127. The van der Waals surface area contributed by atoms with Crippen LogP contribution in [0.25, 0.3) is 0 Å². The fourth-order valence-corrected chi connectivity index (χ4v) is 2.90. The largest absolute Gasteiger partial charge is 0.126 e. The molecule has 4 heteroatoms. The molecule has 0 N–H and O–H groups in total. The molecule has 1 rings (SSSR count). The molecule has 0 fully saturated rings. The van der Waals surface area contributed by atoms with Gasteiger partial charge in [0.25, 0.3) is 0 Å². The number of hydrogen-bond donors (Lipinski definition) is 0. The van der Waals surface area contributed by atoms with Gasteiger partial charge in [-0.15, -0.1) is 23.2 Å². The standard InChI is InChI=1S/C12H14Cl4/c1-2-12(7-13,8-14)6-9-10(15)4-3-5-11(9)16/h3-5H,2,6-8H2,1H3. The summed E-state index contributed by atoms with van der Waals surface area (Å²) in [7, 11) is 0. The van der Waals surface area contributed by atoms with E-state index in [2.05, 4.69) is 6.92 Å². The Balaban J connectivity index is 3.02. The van der Waals surface area contributed by atoms with Gasteiger partial charge < -0.3 is 0 Å². The lowest BCUT2D eigenvalue weighted by molar-refractivity contribution is 0.362. The van der Waals surface area contributed by atoms with Crippen LogP contribution in [0.1, 0.15) is 18.9 Å². The average molecular weight is 300 g/mol. The van der Waals surface area contributed by atoms with Gasteiger partial charge in [-0.2, -0.15) is 0 Å². The van der Waals surface area contributed by atoms with E-state index in [9.17, 15) is 0 Å². The highest BCUT2D eigenvalue weighted by molar-refractivity contribution is 6.36. The molecule has 0 aliphatic rings. The molecule has 0 saturated carbocycles. The lowest BCUT2D eigenvalue weighted by Crippen LogP contribution is -2.27. The Bertz CT molecular complexity index is 316. The molecule has 0 spiro atoms. The van der Waals surface area contributed by atoms with Crippen LogP contribution in [-0.4, -0.2) is 11.8 Å². The molecule has 16 heavy (non-hydrogen) atoms. The second kappa shape index (κ2) is 6.35. The highest BCUT2D eigenvalue weighted by Crippen LogP contribution is 2.35. The second-order valence-corrected chi connectivity index (χ2v) is 5.35. The van der Waals surface area contributed by atoms with Gasteiger partial charge in [0.15, 0.2) is 0 Å². The van der Waals surface area contributed by atoms with E-state index in [-0.39, 0.29) is 5.41 Å². The molecule has 0 saturated heterocycles. The van der Waals surface area contributed by atoms with E-state index in [0.29, 0.717) is 21.8 Å². The van der Waals surface area contributed by atoms with Crippen molar-refractivity contribution in [1.82, 2.24) is 0 Å². The van der Waals surface area contributed by atoms with Crippen molar-refractivity contribution >= 4 is 46.4 Å². The van der Waals surface area contributed by atoms with Gasteiger partial charge in [0.2, 0.25) is 0 Å². The zero-order chi connectivity index (χ0) is 12.2. The molecule has 0 aromatic heterocycles. The van der Waals surface area contributed by atoms with Crippen LogP contribution in [0.3, 0.4) is 0 Å². The van der Waals surface area contributed by atoms with Crippen molar-refractivity contribution in [2.45, 2.75) is 19.8 Å². The summed E-state index contributed by atoms with van der Waals surface area (Å²) < 4.78 is 0. The molecular weight excluding hydrogens is 286 g/mol. The maximum atomic E-state index is 6.14. The maximum absolute atomic E-state index is 6.14. The van der Waals surface area contributed by atoms with E-state index < -0.39 is 0 Å². The van der Waals surface area contributed by atoms with Crippen molar-refractivity contribution in [2.75, 3.05) is 11.8 Å². The van der Waals surface area contributed by atoms with Crippen molar-refractivity contribution in [2.24, 2.45) is 5.41 Å². The summed E-state index contributed by atoms with van der Waals surface area (Å²) in [6, 6.07) is 5.51. The van der Waals surface area contributed by atoms with Gasteiger partial charge in [-0.05, 0) is 30.5 Å². The normalized spacial score (nSPS) is 11.8. The van der Waals surface area contributed by atoms with Crippen molar-refractivity contribution in [3.8, 4) is 0 Å². The average Bonchev–Trinajstić information content (AvgIpc) is 2.30. The van der Waals surface area contributed by atoms with Crippen LogP contribution in [0.15, 0.2) is 18.2 Å². The number of hydrogen-bond acceptors (Lipinski definition) is 0. The molecule has 0 amide bonds. The van der Waals surface area contributed by atoms with Gasteiger partial charge in [0.05, 0.1) is 0 Å². The summed E-state index contributed by atoms with van der Waals surface area (Å²) in [6.45, 7) is 2.08. The zero-order valence-electron chi connectivity index (χ0n) is 9.07. The van der Waals surface area contributed by atoms with Gasteiger partial charge in [-0.25, -0.2) is 0 Å². The van der Waals surface area contributed by atoms with E-state index >= 15 is 0 Å². The fourth-order valence-electron chi connectivity index (χ4n) is 1.52. The Morgan fingerprint density at radius 2 is 1.56 bits per heavy atom. The molecule has 1 aromatic rings. The highest BCUT2D eigenvalue weighted by atomic mass is 35.5. The van der Waals surface area contributed by atoms with E-state index in [1.165, 1.54) is 0 Å². The summed E-state index contributed by atoms with van der Waals surface area (Å²) in [6.07, 6.45) is 1.62. The SMILES string of the molecule is CCC(CCl)(CCl)Cc1c(Cl)cccc1Cl. The summed E-state index contributed by atoms with van der Waals surface area (Å²) in [5, 5.41) is 1.36. The summed E-state index contributed by atoms with van der Waals surface area (Å²) in [5.74, 6) is 1.02. The van der Waals surface area contributed by atoms with Gasteiger partial charge >= 0.3 is 0 Å². The first-order valence-corrected chi connectivity index (χ1v) is 6.96. The molecule has 0 aliphatic heterocycles. The second-order valence-electron chi connectivity index (χ2n) is 4.00. The van der Waals surface area contributed by atoms with Crippen molar-refractivity contribution < 1.29 is 0 Å². The number of alkyl halides is 2. The Morgan fingerprint density at radius 3 is 1.94 bits per heavy atom. The molecule has 0 nitrogen and oxygen atoms in total. The molecule has 0 radical (unpaired) electrons.